The van der Waals surface area contributed by atoms with E-state index >= 15 is 0 Å². The summed E-state index contributed by atoms with van der Waals surface area (Å²) in [5, 5.41) is 3.62. The zero-order valence-corrected chi connectivity index (χ0v) is 14.0. The van der Waals surface area contributed by atoms with Crippen molar-refractivity contribution in [2.24, 2.45) is 5.41 Å². The Hall–Kier alpha value is -0.860. The average molecular weight is 289 g/mol. The third-order valence-electron chi connectivity index (χ3n) is 5.05. The molecule has 1 aliphatic carbocycles. The number of rotatable bonds is 7. The molecule has 1 N–H and O–H groups in total. The molecule has 1 aromatic rings. The summed E-state index contributed by atoms with van der Waals surface area (Å²) in [5.41, 5.74) is 4.78. The fourth-order valence-corrected chi connectivity index (χ4v) is 3.59. The van der Waals surface area contributed by atoms with Crippen LogP contribution in [0.2, 0.25) is 0 Å². The highest BCUT2D eigenvalue weighted by Crippen LogP contribution is 2.39. The monoisotopic (exact) mass is 289 g/mol. The van der Waals surface area contributed by atoms with Crippen LogP contribution in [-0.2, 0) is 11.2 Å². The molecule has 1 fully saturated rings. The van der Waals surface area contributed by atoms with Crippen molar-refractivity contribution >= 4 is 0 Å². The molecular formula is C19H31NO. The first-order valence-corrected chi connectivity index (χ1v) is 8.41. The molecule has 1 aliphatic rings. The van der Waals surface area contributed by atoms with Gasteiger partial charge in [0.05, 0.1) is 6.61 Å². The van der Waals surface area contributed by atoms with Crippen LogP contribution in [0.5, 0.6) is 0 Å². The summed E-state index contributed by atoms with van der Waals surface area (Å²) >= 11 is 0. The van der Waals surface area contributed by atoms with Crippen LogP contribution in [-0.4, -0.2) is 26.8 Å². The topological polar surface area (TPSA) is 21.3 Å². The molecule has 2 rings (SSSR count). The summed E-state index contributed by atoms with van der Waals surface area (Å²) in [6.07, 6.45) is 8.12. The number of benzene rings is 1. The maximum atomic E-state index is 5.15. The summed E-state index contributed by atoms with van der Waals surface area (Å²) in [6, 6.07) is 6.99. The fraction of sp³-hybridized carbons (Fsp3) is 0.684. The summed E-state index contributed by atoms with van der Waals surface area (Å²) < 4.78 is 5.15. The van der Waals surface area contributed by atoms with E-state index in [-0.39, 0.29) is 0 Å². The van der Waals surface area contributed by atoms with E-state index in [1.165, 1.54) is 55.2 Å². The van der Waals surface area contributed by atoms with Gasteiger partial charge >= 0.3 is 0 Å². The third-order valence-corrected chi connectivity index (χ3v) is 5.05. The first kappa shape index (κ1) is 16.5. The predicted molar refractivity (Wildman–Crippen MR) is 89.9 cm³/mol. The number of aryl methyl sites for hydroxylation is 2. The number of ether oxygens (including phenoxy) is 1. The van der Waals surface area contributed by atoms with Gasteiger partial charge in [-0.3, -0.25) is 0 Å². The Balaban J connectivity index is 2.02. The highest BCUT2D eigenvalue weighted by Gasteiger charge is 2.31. The Morgan fingerprint density at radius 3 is 2.52 bits per heavy atom. The SMILES string of the molecule is COCCNCC1(Cc2ccc(C)c(C)c2)CCCCC1. The summed E-state index contributed by atoms with van der Waals surface area (Å²) in [6.45, 7) is 7.32. The van der Waals surface area contributed by atoms with E-state index in [9.17, 15) is 0 Å². The minimum Gasteiger partial charge on any atom is -0.383 e. The van der Waals surface area contributed by atoms with Crippen LogP contribution < -0.4 is 5.32 Å². The van der Waals surface area contributed by atoms with Crippen LogP contribution in [0.3, 0.4) is 0 Å². The second kappa shape index (κ2) is 7.95. The van der Waals surface area contributed by atoms with Crippen molar-refractivity contribution in [3.05, 3.63) is 34.9 Å². The van der Waals surface area contributed by atoms with E-state index in [0.29, 0.717) is 5.41 Å². The van der Waals surface area contributed by atoms with Gasteiger partial charge in [0, 0.05) is 20.2 Å². The van der Waals surface area contributed by atoms with Gasteiger partial charge in [-0.2, -0.15) is 0 Å². The van der Waals surface area contributed by atoms with Gasteiger partial charge in [0.15, 0.2) is 0 Å². The molecule has 0 heterocycles. The molecule has 0 unspecified atom stereocenters. The number of hydrogen-bond acceptors (Lipinski definition) is 2. The summed E-state index contributed by atoms with van der Waals surface area (Å²) in [5.74, 6) is 0. The minimum atomic E-state index is 0.452. The van der Waals surface area contributed by atoms with E-state index in [1.807, 2.05) is 0 Å². The average Bonchev–Trinajstić information content (AvgIpc) is 2.49. The van der Waals surface area contributed by atoms with E-state index < -0.39 is 0 Å². The van der Waals surface area contributed by atoms with Crippen molar-refractivity contribution in [1.29, 1.82) is 0 Å². The van der Waals surface area contributed by atoms with E-state index in [0.717, 1.165) is 19.7 Å². The Labute approximate surface area is 130 Å². The van der Waals surface area contributed by atoms with Gasteiger partial charge in [-0.05, 0) is 55.2 Å². The predicted octanol–water partition coefficient (Wildman–Crippen LogP) is 4.03. The van der Waals surface area contributed by atoms with Gasteiger partial charge in [-0.15, -0.1) is 0 Å². The molecule has 0 radical (unpaired) electrons. The molecule has 0 amide bonds. The van der Waals surface area contributed by atoms with Crippen LogP contribution in [0.15, 0.2) is 18.2 Å². The molecule has 2 heteroatoms. The molecule has 0 atom stereocenters. The molecule has 118 valence electrons. The zero-order valence-electron chi connectivity index (χ0n) is 14.0. The third kappa shape index (κ3) is 4.82. The van der Waals surface area contributed by atoms with Crippen molar-refractivity contribution < 1.29 is 4.74 Å². The number of hydrogen-bond donors (Lipinski definition) is 1. The van der Waals surface area contributed by atoms with Crippen LogP contribution in [0, 0.1) is 19.3 Å². The number of nitrogens with one attached hydrogen (secondary N) is 1. The molecule has 0 bridgehead atoms. The molecule has 1 aromatic carbocycles. The lowest BCUT2D eigenvalue weighted by Crippen LogP contribution is -2.39. The van der Waals surface area contributed by atoms with Crippen molar-refractivity contribution in [1.82, 2.24) is 5.32 Å². The van der Waals surface area contributed by atoms with E-state index in [4.69, 9.17) is 4.74 Å². The van der Waals surface area contributed by atoms with Crippen LogP contribution in [0.25, 0.3) is 0 Å². The molecule has 0 saturated heterocycles. The minimum absolute atomic E-state index is 0.452. The second-order valence-corrected chi connectivity index (χ2v) is 6.83. The standard InChI is InChI=1S/C19H31NO/c1-16-7-8-18(13-17(16)2)14-19(9-5-4-6-10-19)15-20-11-12-21-3/h7-8,13,20H,4-6,9-12,14-15H2,1-3H3. The molecule has 1 saturated carbocycles. The van der Waals surface area contributed by atoms with Gasteiger partial charge in [0.1, 0.15) is 0 Å². The Morgan fingerprint density at radius 1 is 1.10 bits per heavy atom. The molecule has 21 heavy (non-hydrogen) atoms. The van der Waals surface area contributed by atoms with Gasteiger partial charge in [-0.1, -0.05) is 37.5 Å². The Bertz CT molecular complexity index is 435. The zero-order chi connectivity index (χ0) is 15.1. The lowest BCUT2D eigenvalue weighted by atomic mass is 9.70. The fourth-order valence-electron chi connectivity index (χ4n) is 3.59. The first-order chi connectivity index (χ1) is 10.2. The Morgan fingerprint density at radius 2 is 1.86 bits per heavy atom. The van der Waals surface area contributed by atoms with Crippen molar-refractivity contribution in [3.8, 4) is 0 Å². The summed E-state index contributed by atoms with van der Waals surface area (Å²) in [4.78, 5) is 0. The molecule has 0 aromatic heterocycles. The normalized spacial score (nSPS) is 17.9. The lowest BCUT2D eigenvalue weighted by Gasteiger charge is -2.38. The maximum absolute atomic E-state index is 5.15. The lowest BCUT2D eigenvalue weighted by molar-refractivity contribution is 0.162. The van der Waals surface area contributed by atoms with Gasteiger partial charge in [0.25, 0.3) is 0 Å². The molecule has 0 aliphatic heterocycles. The van der Waals surface area contributed by atoms with E-state index in [2.05, 4.69) is 37.4 Å². The van der Waals surface area contributed by atoms with Crippen molar-refractivity contribution in [2.45, 2.75) is 52.4 Å². The van der Waals surface area contributed by atoms with Crippen molar-refractivity contribution in [3.63, 3.8) is 0 Å². The molecule has 0 spiro atoms. The molecular weight excluding hydrogens is 258 g/mol. The smallest absolute Gasteiger partial charge is 0.0587 e. The Kier molecular flexibility index (Phi) is 6.25. The maximum Gasteiger partial charge on any atom is 0.0587 e. The second-order valence-electron chi connectivity index (χ2n) is 6.83. The first-order valence-electron chi connectivity index (χ1n) is 8.41. The highest BCUT2D eigenvalue weighted by molar-refractivity contribution is 5.30. The quantitative estimate of drug-likeness (QED) is 0.765. The van der Waals surface area contributed by atoms with Crippen LogP contribution >= 0.6 is 0 Å². The van der Waals surface area contributed by atoms with Gasteiger partial charge in [-0.25, -0.2) is 0 Å². The van der Waals surface area contributed by atoms with E-state index in [1.54, 1.807) is 7.11 Å². The molecule has 2 nitrogen and oxygen atoms in total. The largest absolute Gasteiger partial charge is 0.383 e. The van der Waals surface area contributed by atoms with Crippen LogP contribution in [0.1, 0.15) is 48.8 Å². The highest BCUT2D eigenvalue weighted by atomic mass is 16.5. The van der Waals surface area contributed by atoms with Crippen molar-refractivity contribution in [2.75, 3.05) is 26.8 Å². The number of methoxy groups -OCH3 is 1. The summed E-state index contributed by atoms with van der Waals surface area (Å²) in [7, 11) is 1.77. The van der Waals surface area contributed by atoms with Gasteiger partial charge in [0.2, 0.25) is 0 Å². The van der Waals surface area contributed by atoms with Gasteiger partial charge < -0.3 is 10.1 Å². The van der Waals surface area contributed by atoms with Crippen LogP contribution in [0.4, 0.5) is 0 Å².